The first-order valence-corrected chi connectivity index (χ1v) is 6.74. The molecule has 120 valence electrons. The molecule has 0 radical (unpaired) electrons. The Bertz CT molecular complexity index is 736. The molecule has 3 unspecified atom stereocenters. The van der Waals surface area contributed by atoms with Gasteiger partial charge in [-0.2, -0.15) is 0 Å². The number of aliphatic hydroxyl groups is 2. The molecule has 2 rings (SSSR count). The molecule has 0 aliphatic carbocycles. The predicted molar refractivity (Wildman–Crippen MR) is 75.4 cm³/mol. The molecular weight excluding hydrogens is 319 g/mol. The molecule has 0 spiro atoms. The van der Waals surface area contributed by atoms with Crippen LogP contribution in [-0.2, 0) is 4.74 Å². The number of aromatic amines is 1. The highest BCUT2D eigenvalue weighted by molar-refractivity contribution is 6.27. The van der Waals surface area contributed by atoms with Gasteiger partial charge in [0.25, 0.3) is 5.56 Å². The average Bonchev–Trinajstić information content (AvgIpc) is 2.69. The van der Waals surface area contributed by atoms with Gasteiger partial charge >= 0.3 is 5.69 Å². The first-order valence-electron chi connectivity index (χ1n) is 6.37. The summed E-state index contributed by atoms with van der Waals surface area (Å²) >= 11 is 6.28. The van der Waals surface area contributed by atoms with Crippen molar-refractivity contribution in [2.75, 3.05) is 13.3 Å². The number of hydrogen-bond donors (Lipinski definition) is 3. The molecule has 22 heavy (non-hydrogen) atoms. The Balaban J connectivity index is 2.62. The van der Waals surface area contributed by atoms with Gasteiger partial charge in [-0.05, 0) is 6.92 Å². The molecule has 0 bridgehead atoms. The summed E-state index contributed by atoms with van der Waals surface area (Å²) in [6.45, 7) is -0.101. The zero-order valence-electron chi connectivity index (χ0n) is 11.5. The van der Waals surface area contributed by atoms with Crippen molar-refractivity contribution in [3.8, 4) is 11.8 Å². The molecule has 0 amide bonds. The molecule has 9 heteroatoms. The Kier molecular flexibility index (Phi) is 4.72. The Morgan fingerprint density at radius 1 is 1.59 bits per heavy atom. The molecule has 0 aromatic carbocycles. The third-order valence-corrected chi connectivity index (χ3v) is 3.88. The minimum Gasteiger partial charge on any atom is -0.394 e. The van der Waals surface area contributed by atoms with Crippen LogP contribution >= 0.6 is 11.6 Å². The van der Waals surface area contributed by atoms with Gasteiger partial charge in [0.1, 0.15) is 18.9 Å². The van der Waals surface area contributed by atoms with Crippen molar-refractivity contribution in [3.63, 3.8) is 0 Å². The molecule has 1 aromatic heterocycles. The fourth-order valence-electron chi connectivity index (χ4n) is 2.36. The van der Waals surface area contributed by atoms with Crippen molar-refractivity contribution in [3.05, 3.63) is 32.6 Å². The number of rotatable bonds is 2. The SMILES string of the molecule is Cc1cc(=O)[nH]c(=O)n1C1OC(CO)C(O)[C@]1(Cl)C#CCF. The number of nitrogens with one attached hydrogen (secondary N) is 1. The van der Waals surface area contributed by atoms with Crippen molar-refractivity contribution in [2.45, 2.75) is 30.2 Å². The number of H-pyrrole nitrogens is 1. The van der Waals surface area contributed by atoms with E-state index in [9.17, 15) is 24.2 Å². The van der Waals surface area contributed by atoms with Gasteiger partial charge in [0.2, 0.25) is 0 Å². The van der Waals surface area contributed by atoms with E-state index in [4.69, 9.17) is 16.3 Å². The van der Waals surface area contributed by atoms with E-state index >= 15 is 0 Å². The molecule has 0 saturated carbocycles. The predicted octanol–water partition coefficient (Wildman–Crippen LogP) is -0.954. The van der Waals surface area contributed by atoms with Crippen molar-refractivity contribution in [1.82, 2.24) is 9.55 Å². The van der Waals surface area contributed by atoms with Crippen LogP contribution in [0.15, 0.2) is 15.7 Å². The second kappa shape index (κ2) is 6.22. The quantitative estimate of drug-likeness (QED) is 0.478. The van der Waals surface area contributed by atoms with E-state index in [-0.39, 0.29) is 5.69 Å². The van der Waals surface area contributed by atoms with E-state index in [0.29, 0.717) is 0 Å². The molecule has 3 N–H and O–H groups in total. The Hall–Kier alpha value is -1.66. The van der Waals surface area contributed by atoms with E-state index in [1.165, 1.54) is 6.92 Å². The van der Waals surface area contributed by atoms with Crippen LogP contribution in [0.3, 0.4) is 0 Å². The summed E-state index contributed by atoms with van der Waals surface area (Å²) in [7, 11) is 0. The van der Waals surface area contributed by atoms with Crippen molar-refractivity contribution >= 4 is 11.6 Å². The molecule has 1 saturated heterocycles. The van der Waals surface area contributed by atoms with Crippen LogP contribution in [0.1, 0.15) is 11.9 Å². The summed E-state index contributed by atoms with van der Waals surface area (Å²) < 4.78 is 18.8. The van der Waals surface area contributed by atoms with Crippen LogP contribution in [0.2, 0.25) is 0 Å². The van der Waals surface area contributed by atoms with Crippen LogP contribution in [0.5, 0.6) is 0 Å². The first kappa shape index (κ1) is 16.7. The van der Waals surface area contributed by atoms with Gasteiger partial charge in [-0.1, -0.05) is 23.4 Å². The summed E-state index contributed by atoms with van der Waals surface area (Å²) in [4.78, 5) is 23.5. The zero-order chi connectivity index (χ0) is 16.5. The van der Waals surface area contributed by atoms with Gasteiger partial charge in [-0.25, -0.2) is 9.18 Å². The topological polar surface area (TPSA) is 105 Å². The molecule has 1 fully saturated rings. The largest absolute Gasteiger partial charge is 0.394 e. The second-order valence-electron chi connectivity index (χ2n) is 4.81. The first-order chi connectivity index (χ1) is 10.3. The van der Waals surface area contributed by atoms with Gasteiger partial charge in [0.15, 0.2) is 11.1 Å². The molecule has 4 atom stereocenters. The Morgan fingerprint density at radius 3 is 2.82 bits per heavy atom. The normalized spacial score (nSPS) is 30.9. The minimum absolute atomic E-state index is 0.219. The van der Waals surface area contributed by atoms with Gasteiger partial charge in [-0.3, -0.25) is 14.3 Å². The second-order valence-corrected chi connectivity index (χ2v) is 5.43. The lowest BCUT2D eigenvalue weighted by Gasteiger charge is -2.26. The fraction of sp³-hybridized carbons (Fsp3) is 0.538. The van der Waals surface area contributed by atoms with Crippen molar-refractivity contribution < 1.29 is 19.3 Å². The number of halogens is 2. The smallest absolute Gasteiger partial charge is 0.330 e. The highest BCUT2D eigenvalue weighted by atomic mass is 35.5. The lowest BCUT2D eigenvalue weighted by molar-refractivity contribution is -0.0471. The van der Waals surface area contributed by atoms with E-state index < -0.39 is 47.8 Å². The number of nitrogens with zero attached hydrogens (tertiary/aromatic N) is 1. The maximum Gasteiger partial charge on any atom is 0.330 e. The van der Waals surface area contributed by atoms with Crippen molar-refractivity contribution in [2.24, 2.45) is 0 Å². The zero-order valence-corrected chi connectivity index (χ0v) is 12.3. The van der Waals surface area contributed by atoms with Crippen molar-refractivity contribution in [1.29, 1.82) is 0 Å². The Labute approximate surface area is 129 Å². The molecule has 1 aromatic rings. The molecule has 1 aliphatic rings. The summed E-state index contributed by atoms with van der Waals surface area (Å²) in [5.41, 5.74) is -1.20. The monoisotopic (exact) mass is 332 g/mol. The number of ether oxygens (including phenoxy) is 1. The van der Waals surface area contributed by atoms with Crippen LogP contribution in [0.25, 0.3) is 0 Å². The van der Waals surface area contributed by atoms with E-state index in [2.05, 4.69) is 11.8 Å². The highest BCUT2D eigenvalue weighted by Crippen LogP contribution is 2.42. The van der Waals surface area contributed by atoms with Crippen LogP contribution in [-0.4, -0.2) is 50.1 Å². The molecular formula is C13H14ClFN2O5. The summed E-state index contributed by atoms with van der Waals surface area (Å²) in [6, 6.07) is 1.14. The highest BCUT2D eigenvalue weighted by Gasteiger charge is 2.56. The average molecular weight is 333 g/mol. The van der Waals surface area contributed by atoms with Crippen LogP contribution in [0, 0.1) is 18.8 Å². The maximum atomic E-state index is 12.3. The summed E-state index contributed by atoms with van der Waals surface area (Å²) in [6.07, 6.45) is -3.86. The number of hydrogen-bond acceptors (Lipinski definition) is 5. The number of aryl methyl sites for hydroxylation is 1. The molecule has 1 aliphatic heterocycles. The number of aromatic nitrogens is 2. The van der Waals surface area contributed by atoms with Gasteiger partial charge in [0, 0.05) is 11.8 Å². The van der Waals surface area contributed by atoms with E-state index in [0.717, 1.165) is 10.6 Å². The number of alkyl halides is 2. The lowest BCUT2D eigenvalue weighted by atomic mass is 9.99. The Morgan fingerprint density at radius 2 is 2.27 bits per heavy atom. The maximum absolute atomic E-state index is 12.3. The fourth-order valence-corrected chi connectivity index (χ4v) is 2.72. The van der Waals surface area contributed by atoms with Gasteiger partial charge in [0.05, 0.1) is 6.61 Å². The molecule has 2 heterocycles. The standard InChI is InChI=1S/C13H14ClFN2O5/c1-7-5-9(19)16-12(21)17(7)11-13(14,3-2-4-15)10(20)8(6-18)22-11/h5,8,10-11,18,20H,4,6H2,1H3,(H,16,19,21)/t8?,10?,11?,13-/m1/s1. The van der Waals surface area contributed by atoms with Gasteiger partial charge < -0.3 is 14.9 Å². The lowest BCUT2D eigenvalue weighted by Crippen LogP contribution is -2.45. The van der Waals surface area contributed by atoms with Crippen LogP contribution in [0.4, 0.5) is 4.39 Å². The number of aliphatic hydroxyl groups excluding tert-OH is 2. The summed E-state index contributed by atoms with van der Waals surface area (Å²) in [5.74, 6) is 4.44. The van der Waals surface area contributed by atoms with Crippen LogP contribution < -0.4 is 11.2 Å². The third-order valence-electron chi connectivity index (χ3n) is 3.38. The van der Waals surface area contributed by atoms with Gasteiger partial charge in [-0.15, -0.1) is 0 Å². The van der Waals surface area contributed by atoms with E-state index in [1.54, 1.807) is 0 Å². The third kappa shape index (κ3) is 2.68. The minimum atomic E-state index is -1.84. The van der Waals surface area contributed by atoms with E-state index in [1.807, 2.05) is 4.98 Å². The summed E-state index contributed by atoms with van der Waals surface area (Å²) in [5, 5.41) is 19.4. The molecule has 7 nitrogen and oxygen atoms in total.